The minimum Gasteiger partial charge on any atom is -0.308 e. The summed E-state index contributed by atoms with van der Waals surface area (Å²) in [5, 5.41) is 12.6. The number of urea groups is 1. The summed E-state index contributed by atoms with van der Waals surface area (Å²) in [6.07, 6.45) is 1.24. The molecule has 10 heteroatoms. The Hall–Kier alpha value is -4.34. The van der Waals surface area contributed by atoms with Gasteiger partial charge in [-0.1, -0.05) is 53.7 Å². The Labute approximate surface area is 170 Å². The van der Waals surface area contributed by atoms with Gasteiger partial charge in [0.05, 0.1) is 6.54 Å². The molecule has 0 aliphatic carbocycles. The van der Waals surface area contributed by atoms with Crippen LogP contribution >= 0.6 is 0 Å². The van der Waals surface area contributed by atoms with E-state index in [9.17, 15) is 14.4 Å². The van der Waals surface area contributed by atoms with E-state index in [0.29, 0.717) is 17.9 Å². The van der Waals surface area contributed by atoms with Crippen molar-refractivity contribution in [2.75, 3.05) is 5.32 Å². The zero-order chi connectivity index (χ0) is 20.9. The molecule has 0 fully saturated rings. The van der Waals surface area contributed by atoms with Crippen molar-refractivity contribution >= 4 is 28.8 Å². The van der Waals surface area contributed by atoms with Crippen molar-refractivity contribution in [3.8, 4) is 0 Å². The predicted octanol–water partition coefficient (Wildman–Crippen LogP) is 1.38. The normalized spacial score (nSPS) is 10.7. The fourth-order valence-corrected chi connectivity index (χ4v) is 2.87. The number of benzene rings is 2. The molecule has 0 atom stereocenters. The Balaban J connectivity index is 1.45. The number of rotatable bonds is 5. The lowest BCUT2D eigenvalue weighted by Crippen LogP contribution is -2.38. The van der Waals surface area contributed by atoms with Gasteiger partial charge >= 0.3 is 6.03 Å². The maximum atomic E-state index is 12.6. The largest absolute Gasteiger partial charge is 0.325 e. The highest BCUT2D eigenvalue weighted by Gasteiger charge is 2.15. The number of hydrogen-bond donors (Lipinski definition) is 2. The third kappa shape index (κ3) is 4.22. The molecule has 0 aliphatic rings. The van der Waals surface area contributed by atoms with Crippen LogP contribution in [0.3, 0.4) is 0 Å². The van der Waals surface area contributed by atoms with E-state index in [1.54, 1.807) is 30.3 Å². The van der Waals surface area contributed by atoms with Crippen molar-refractivity contribution in [2.45, 2.75) is 13.1 Å². The molecule has 2 N–H and O–H groups in total. The van der Waals surface area contributed by atoms with Crippen LogP contribution in [0.1, 0.15) is 5.56 Å². The number of imide groups is 1. The van der Waals surface area contributed by atoms with E-state index < -0.39 is 17.5 Å². The SMILES string of the molecule is O=C(Cn1cnc2c(nnn2Cc2ccccc2)c1=O)NC(=O)Nc1ccccc1. The fourth-order valence-electron chi connectivity index (χ4n) is 2.87. The highest BCUT2D eigenvalue weighted by Crippen LogP contribution is 2.07. The third-order valence-electron chi connectivity index (χ3n) is 4.27. The molecule has 0 aliphatic heterocycles. The van der Waals surface area contributed by atoms with E-state index >= 15 is 0 Å². The second kappa shape index (κ2) is 8.35. The molecule has 0 unspecified atom stereocenters. The van der Waals surface area contributed by atoms with Gasteiger partial charge in [0, 0.05) is 5.69 Å². The van der Waals surface area contributed by atoms with Crippen molar-refractivity contribution < 1.29 is 9.59 Å². The van der Waals surface area contributed by atoms with Gasteiger partial charge in [0.1, 0.15) is 12.9 Å². The molecule has 0 spiro atoms. The van der Waals surface area contributed by atoms with Gasteiger partial charge in [-0.15, -0.1) is 5.10 Å². The minimum absolute atomic E-state index is 0.0509. The smallest absolute Gasteiger partial charge is 0.308 e. The zero-order valence-corrected chi connectivity index (χ0v) is 15.7. The topological polar surface area (TPSA) is 124 Å². The van der Waals surface area contributed by atoms with Crippen LogP contribution in [-0.2, 0) is 17.9 Å². The zero-order valence-electron chi connectivity index (χ0n) is 15.7. The van der Waals surface area contributed by atoms with Crippen molar-refractivity contribution in [2.24, 2.45) is 0 Å². The number of hydrogen-bond acceptors (Lipinski definition) is 6. The summed E-state index contributed by atoms with van der Waals surface area (Å²) in [5.41, 5.74) is 1.38. The summed E-state index contributed by atoms with van der Waals surface area (Å²) >= 11 is 0. The Kier molecular flexibility index (Phi) is 5.29. The van der Waals surface area contributed by atoms with E-state index in [-0.39, 0.29) is 12.1 Å². The monoisotopic (exact) mass is 403 g/mol. The second-order valence-electron chi connectivity index (χ2n) is 6.45. The molecule has 2 heterocycles. The van der Waals surface area contributed by atoms with Gasteiger partial charge in [0.2, 0.25) is 5.91 Å². The van der Waals surface area contributed by atoms with Gasteiger partial charge in [0.15, 0.2) is 11.2 Å². The maximum Gasteiger partial charge on any atom is 0.325 e. The van der Waals surface area contributed by atoms with Gasteiger partial charge in [-0.3, -0.25) is 19.5 Å². The van der Waals surface area contributed by atoms with E-state index in [4.69, 9.17) is 0 Å². The quantitative estimate of drug-likeness (QED) is 0.519. The Morgan fingerprint density at radius 3 is 2.40 bits per heavy atom. The number of carbonyl (C=O) groups excluding carboxylic acids is 2. The molecule has 10 nitrogen and oxygen atoms in total. The predicted molar refractivity (Wildman–Crippen MR) is 109 cm³/mol. The number of nitrogens with zero attached hydrogens (tertiary/aromatic N) is 5. The highest BCUT2D eigenvalue weighted by atomic mass is 16.2. The molecule has 4 rings (SSSR count). The molecule has 150 valence electrons. The van der Waals surface area contributed by atoms with Gasteiger partial charge in [-0.2, -0.15) is 0 Å². The molecule has 0 bridgehead atoms. The molecule has 0 saturated carbocycles. The number of nitrogens with one attached hydrogen (secondary N) is 2. The first-order valence-corrected chi connectivity index (χ1v) is 9.08. The summed E-state index contributed by atoms with van der Waals surface area (Å²) in [6.45, 7) is 0.0312. The van der Waals surface area contributed by atoms with Crippen LogP contribution in [0, 0.1) is 0 Å². The average Bonchev–Trinajstić information content (AvgIpc) is 3.15. The van der Waals surface area contributed by atoms with E-state index in [1.807, 2.05) is 30.3 Å². The van der Waals surface area contributed by atoms with Crippen LogP contribution < -0.4 is 16.2 Å². The number of amides is 3. The lowest BCUT2D eigenvalue weighted by atomic mass is 10.2. The van der Waals surface area contributed by atoms with Crippen LogP contribution in [0.2, 0.25) is 0 Å². The molecule has 30 heavy (non-hydrogen) atoms. The molecule has 3 amide bonds. The number of fused-ring (bicyclic) bond motifs is 1. The second-order valence-corrected chi connectivity index (χ2v) is 6.45. The van der Waals surface area contributed by atoms with E-state index in [2.05, 4.69) is 25.9 Å². The van der Waals surface area contributed by atoms with E-state index in [1.165, 1.54) is 11.0 Å². The van der Waals surface area contributed by atoms with Gasteiger partial charge in [-0.25, -0.2) is 14.5 Å². The molecule has 4 aromatic rings. The fraction of sp³-hybridized carbons (Fsp3) is 0.100. The third-order valence-corrected chi connectivity index (χ3v) is 4.27. The Bertz CT molecular complexity index is 1250. The van der Waals surface area contributed by atoms with Crippen molar-refractivity contribution in [3.05, 3.63) is 82.9 Å². The number of aromatic nitrogens is 5. The molecular formula is C20H17N7O3. The summed E-state index contributed by atoms with van der Waals surface area (Å²) in [5.74, 6) is -0.664. The van der Waals surface area contributed by atoms with Crippen LogP contribution in [0.5, 0.6) is 0 Å². The van der Waals surface area contributed by atoms with Crippen LogP contribution in [0.15, 0.2) is 71.8 Å². The van der Waals surface area contributed by atoms with Crippen molar-refractivity contribution in [3.63, 3.8) is 0 Å². The molecule has 2 aromatic carbocycles. The number of anilines is 1. The maximum absolute atomic E-state index is 12.6. The summed E-state index contributed by atoms with van der Waals surface area (Å²) in [7, 11) is 0. The van der Waals surface area contributed by atoms with E-state index in [0.717, 1.165) is 10.1 Å². The first-order chi connectivity index (χ1) is 14.6. The summed E-state index contributed by atoms with van der Waals surface area (Å²) in [4.78, 5) is 40.9. The average molecular weight is 403 g/mol. The van der Waals surface area contributed by atoms with Gasteiger partial charge in [0.25, 0.3) is 5.56 Å². The van der Waals surface area contributed by atoms with Crippen molar-refractivity contribution in [1.82, 2.24) is 29.9 Å². The lowest BCUT2D eigenvalue weighted by Gasteiger charge is -2.08. The number of carbonyl (C=O) groups is 2. The highest BCUT2D eigenvalue weighted by molar-refractivity contribution is 6.01. The summed E-state index contributed by atoms with van der Waals surface area (Å²) in [6, 6.07) is 17.6. The van der Waals surface area contributed by atoms with Gasteiger partial charge < -0.3 is 5.32 Å². The first kappa shape index (κ1) is 19.0. The Morgan fingerprint density at radius 1 is 0.967 bits per heavy atom. The van der Waals surface area contributed by atoms with Crippen molar-refractivity contribution in [1.29, 1.82) is 0 Å². The first-order valence-electron chi connectivity index (χ1n) is 9.08. The van der Waals surface area contributed by atoms with Gasteiger partial charge in [-0.05, 0) is 17.7 Å². The minimum atomic E-state index is -0.693. The molecular weight excluding hydrogens is 386 g/mol. The summed E-state index contributed by atoms with van der Waals surface area (Å²) < 4.78 is 2.60. The van der Waals surface area contributed by atoms with Crippen LogP contribution in [0.25, 0.3) is 11.2 Å². The standard InChI is InChI=1S/C20H17N7O3/c28-16(23-20(30)22-15-9-5-2-6-10-15)12-26-13-21-18-17(19(26)29)24-25-27(18)11-14-7-3-1-4-8-14/h1-10,13H,11-12H2,(H2,22,23,28,30). The van der Waals surface area contributed by atoms with Crippen LogP contribution in [-0.4, -0.2) is 36.5 Å². The molecule has 2 aromatic heterocycles. The number of para-hydroxylation sites is 1. The molecule has 0 saturated heterocycles. The Morgan fingerprint density at radius 2 is 1.67 bits per heavy atom. The lowest BCUT2D eigenvalue weighted by molar-refractivity contribution is -0.120. The van der Waals surface area contributed by atoms with Crippen LogP contribution in [0.4, 0.5) is 10.5 Å². The molecule has 0 radical (unpaired) electrons.